The number of benzene rings is 1. The minimum absolute atomic E-state index is 0.419. The highest BCUT2D eigenvalue weighted by molar-refractivity contribution is 9.10. The van der Waals surface area contributed by atoms with E-state index in [1.807, 2.05) is 37.3 Å². The molecule has 1 heterocycles. The first-order valence-electron chi connectivity index (χ1n) is 5.35. The van der Waals surface area contributed by atoms with E-state index in [1.54, 1.807) is 0 Å². The summed E-state index contributed by atoms with van der Waals surface area (Å²) in [4.78, 5) is 0. The summed E-state index contributed by atoms with van der Waals surface area (Å²) >= 11 is 3.38. The third-order valence-corrected chi connectivity index (χ3v) is 3.01. The molecule has 2 rings (SSSR count). The maximum Gasteiger partial charge on any atom is 0.146 e. The van der Waals surface area contributed by atoms with Crippen LogP contribution in [0.3, 0.4) is 0 Å². The van der Waals surface area contributed by atoms with Crippen molar-refractivity contribution >= 4 is 15.9 Å². The molecule has 0 spiro atoms. The van der Waals surface area contributed by atoms with Gasteiger partial charge in [-0.15, -0.1) is 0 Å². The smallest absolute Gasteiger partial charge is 0.146 e. The molecular formula is C13H14BrNO2. The van der Waals surface area contributed by atoms with Gasteiger partial charge in [0.25, 0.3) is 0 Å². The zero-order valence-electron chi connectivity index (χ0n) is 9.57. The maximum absolute atomic E-state index is 5.60. The van der Waals surface area contributed by atoms with Crippen molar-refractivity contribution in [1.82, 2.24) is 0 Å². The minimum atomic E-state index is 0.419. The Balaban J connectivity index is 1.99. The first-order chi connectivity index (χ1) is 8.19. The summed E-state index contributed by atoms with van der Waals surface area (Å²) in [7, 11) is 0. The van der Waals surface area contributed by atoms with Gasteiger partial charge >= 0.3 is 0 Å². The van der Waals surface area contributed by atoms with Gasteiger partial charge in [0, 0.05) is 16.6 Å². The van der Waals surface area contributed by atoms with Crippen LogP contribution in [0.5, 0.6) is 5.75 Å². The normalized spacial score (nSPS) is 10.5. The number of rotatable bonds is 4. The Labute approximate surface area is 109 Å². The molecule has 17 heavy (non-hydrogen) atoms. The third kappa shape index (κ3) is 3.11. The van der Waals surface area contributed by atoms with E-state index in [-0.39, 0.29) is 0 Å². The van der Waals surface area contributed by atoms with Gasteiger partial charge in [0.1, 0.15) is 23.9 Å². The van der Waals surface area contributed by atoms with Crippen LogP contribution in [0.4, 0.5) is 0 Å². The predicted octanol–water partition coefficient (Wildman–Crippen LogP) is 3.39. The number of aryl methyl sites for hydroxylation is 1. The molecule has 3 nitrogen and oxygen atoms in total. The monoisotopic (exact) mass is 295 g/mol. The van der Waals surface area contributed by atoms with Gasteiger partial charge in [0.15, 0.2) is 0 Å². The van der Waals surface area contributed by atoms with Crippen molar-refractivity contribution in [3.63, 3.8) is 0 Å². The molecule has 1 aromatic carbocycles. The number of furan rings is 1. The van der Waals surface area contributed by atoms with Crippen molar-refractivity contribution in [3.05, 3.63) is 51.9 Å². The molecule has 0 saturated heterocycles. The van der Waals surface area contributed by atoms with Crippen LogP contribution in [-0.2, 0) is 13.2 Å². The molecule has 2 aromatic rings. The first-order valence-corrected chi connectivity index (χ1v) is 6.15. The minimum Gasteiger partial charge on any atom is -0.486 e. The van der Waals surface area contributed by atoms with E-state index in [2.05, 4.69) is 15.9 Å². The Morgan fingerprint density at radius 3 is 2.59 bits per heavy atom. The summed E-state index contributed by atoms with van der Waals surface area (Å²) in [6.07, 6.45) is 0. The standard InChI is InChI=1S/C13H14BrNO2/c1-9-10(7-15)6-13(17-9)8-16-12-4-2-11(14)3-5-12/h2-6H,7-8,15H2,1H3. The van der Waals surface area contributed by atoms with Gasteiger partial charge in [0.05, 0.1) is 0 Å². The van der Waals surface area contributed by atoms with Gasteiger partial charge in [-0.1, -0.05) is 15.9 Å². The summed E-state index contributed by atoms with van der Waals surface area (Å²) in [5, 5.41) is 0. The second-order valence-electron chi connectivity index (χ2n) is 3.74. The van der Waals surface area contributed by atoms with Crippen molar-refractivity contribution in [2.75, 3.05) is 0 Å². The lowest BCUT2D eigenvalue weighted by Crippen LogP contribution is -1.96. The quantitative estimate of drug-likeness (QED) is 0.940. The average molecular weight is 296 g/mol. The number of nitrogens with two attached hydrogens (primary N) is 1. The Morgan fingerprint density at radius 1 is 1.29 bits per heavy atom. The summed E-state index contributed by atoms with van der Waals surface area (Å²) < 4.78 is 12.2. The molecule has 2 N–H and O–H groups in total. The average Bonchev–Trinajstić information content (AvgIpc) is 2.69. The van der Waals surface area contributed by atoms with Gasteiger partial charge < -0.3 is 14.9 Å². The Kier molecular flexibility index (Phi) is 3.86. The number of ether oxygens (including phenoxy) is 1. The van der Waals surface area contributed by atoms with Gasteiger partial charge in [-0.2, -0.15) is 0 Å². The van der Waals surface area contributed by atoms with Crippen LogP contribution in [0.2, 0.25) is 0 Å². The highest BCUT2D eigenvalue weighted by Crippen LogP contribution is 2.19. The molecule has 0 aliphatic heterocycles. The Morgan fingerprint density at radius 2 is 2.00 bits per heavy atom. The van der Waals surface area contributed by atoms with Crippen LogP contribution in [0.25, 0.3) is 0 Å². The van der Waals surface area contributed by atoms with Crippen LogP contribution in [0.15, 0.2) is 39.2 Å². The number of hydrogen-bond acceptors (Lipinski definition) is 3. The number of halogens is 1. The van der Waals surface area contributed by atoms with Gasteiger partial charge in [-0.25, -0.2) is 0 Å². The van der Waals surface area contributed by atoms with Crippen molar-refractivity contribution in [2.45, 2.75) is 20.1 Å². The Bertz CT molecular complexity index is 491. The molecule has 90 valence electrons. The van der Waals surface area contributed by atoms with Crippen molar-refractivity contribution in [3.8, 4) is 5.75 Å². The molecule has 0 aliphatic rings. The van der Waals surface area contributed by atoms with Crippen LogP contribution < -0.4 is 10.5 Å². The van der Waals surface area contributed by atoms with Gasteiger partial charge in [0.2, 0.25) is 0 Å². The molecule has 0 unspecified atom stereocenters. The van der Waals surface area contributed by atoms with E-state index >= 15 is 0 Å². The molecule has 0 amide bonds. The Hall–Kier alpha value is -1.26. The fraction of sp³-hybridized carbons (Fsp3) is 0.231. The topological polar surface area (TPSA) is 48.4 Å². The second-order valence-corrected chi connectivity index (χ2v) is 4.66. The largest absolute Gasteiger partial charge is 0.486 e. The van der Waals surface area contributed by atoms with Crippen molar-refractivity contribution < 1.29 is 9.15 Å². The summed E-state index contributed by atoms with van der Waals surface area (Å²) in [5.41, 5.74) is 6.61. The van der Waals surface area contributed by atoms with Crippen LogP contribution in [0.1, 0.15) is 17.1 Å². The van der Waals surface area contributed by atoms with Gasteiger partial charge in [-0.3, -0.25) is 0 Å². The van der Waals surface area contributed by atoms with Crippen LogP contribution in [0, 0.1) is 6.92 Å². The molecular weight excluding hydrogens is 282 g/mol. The lowest BCUT2D eigenvalue weighted by atomic mass is 10.2. The SMILES string of the molecule is Cc1oc(COc2ccc(Br)cc2)cc1CN. The molecule has 0 saturated carbocycles. The summed E-state index contributed by atoms with van der Waals surface area (Å²) in [6.45, 7) is 2.82. The molecule has 0 fully saturated rings. The first kappa shape index (κ1) is 12.2. The molecule has 0 radical (unpaired) electrons. The van der Waals surface area contributed by atoms with Crippen molar-refractivity contribution in [1.29, 1.82) is 0 Å². The third-order valence-electron chi connectivity index (χ3n) is 2.49. The highest BCUT2D eigenvalue weighted by atomic mass is 79.9. The van der Waals surface area contributed by atoms with E-state index in [0.717, 1.165) is 27.3 Å². The lowest BCUT2D eigenvalue weighted by molar-refractivity contribution is 0.267. The molecule has 1 aromatic heterocycles. The predicted molar refractivity (Wildman–Crippen MR) is 69.8 cm³/mol. The van der Waals surface area contributed by atoms with E-state index in [1.165, 1.54) is 0 Å². The van der Waals surface area contributed by atoms with E-state index < -0.39 is 0 Å². The highest BCUT2D eigenvalue weighted by Gasteiger charge is 2.06. The van der Waals surface area contributed by atoms with Crippen LogP contribution in [-0.4, -0.2) is 0 Å². The lowest BCUT2D eigenvalue weighted by Gasteiger charge is -2.03. The fourth-order valence-electron chi connectivity index (χ4n) is 1.55. The molecule has 0 atom stereocenters. The van der Waals surface area contributed by atoms with Crippen LogP contribution >= 0.6 is 15.9 Å². The molecule has 0 bridgehead atoms. The van der Waals surface area contributed by atoms with E-state index in [4.69, 9.17) is 14.9 Å². The van der Waals surface area contributed by atoms with E-state index in [0.29, 0.717) is 13.2 Å². The second kappa shape index (κ2) is 5.38. The maximum atomic E-state index is 5.60. The summed E-state index contributed by atoms with van der Waals surface area (Å²) in [5.74, 6) is 2.48. The van der Waals surface area contributed by atoms with E-state index in [9.17, 15) is 0 Å². The van der Waals surface area contributed by atoms with Crippen molar-refractivity contribution in [2.24, 2.45) is 5.73 Å². The zero-order valence-corrected chi connectivity index (χ0v) is 11.2. The summed E-state index contributed by atoms with van der Waals surface area (Å²) in [6, 6.07) is 9.63. The number of hydrogen-bond donors (Lipinski definition) is 1. The fourth-order valence-corrected chi connectivity index (χ4v) is 1.81. The molecule has 0 aliphatic carbocycles. The van der Waals surface area contributed by atoms with Gasteiger partial charge in [-0.05, 0) is 37.3 Å². The zero-order chi connectivity index (χ0) is 12.3. The molecule has 4 heteroatoms.